The molecular formula is C19H23FN2O4. The Morgan fingerprint density at radius 2 is 1.88 bits per heavy atom. The smallest absolute Gasteiger partial charge is 0.308 e. The Kier molecular flexibility index (Phi) is 5.25. The lowest BCUT2D eigenvalue weighted by atomic mass is 9.95. The van der Waals surface area contributed by atoms with E-state index >= 15 is 0 Å². The van der Waals surface area contributed by atoms with E-state index < -0.39 is 11.7 Å². The van der Waals surface area contributed by atoms with Crippen LogP contribution in [0.3, 0.4) is 0 Å². The Bertz CT molecular complexity index is 728. The van der Waals surface area contributed by atoms with Crippen molar-refractivity contribution < 1.29 is 23.5 Å². The van der Waals surface area contributed by atoms with Crippen LogP contribution >= 0.6 is 0 Å². The van der Waals surface area contributed by atoms with Crippen LogP contribution in [0.2, 0.25) is 0 Å². The topological polar surface area (TPSA) is 66.9 Å². The van der Waals surface area contributed by atoms with E-state index in [1.165, 1.54) is 18.1 Å². The van der Waals surface area contributed by atoms with Gasteiger partial charge in [0.05, 0.1) is 24.6 Å². The molecule has 0 N–H and O–H groups in total. The third-order valence-corrected chi connectivity index (χ3v) is 5.21. The summed E-state index contributed by atoms with van der Waals surface area (Å²) in [6, 6.07) is 4.71. The standard InChI is InChI=1S/C19H23FN2O4/c1-12-3-4-16(15(20)9-12)22-11-14(10-17(22)23)18(24)21-7-5-13(6-8-21)19(25)26-2/h3-4,9,13-14H,5-8,10-11H2,1-2H3. The number of benzene rings is 1. The fourth-order valence-electron chi connectivity index (χ4n) is 3.70. The lowest BCUT2D eigenvalue weighted by Gasteiger charge is -2.32. The van der Waals surface area contributed by atoms with Crippen LogP contribution in [0.4, 0.5) is 10.1 Å². The summed E-state index contributed by atoms with van der Waals surface area (Å²) in [6.07, 6.45) is 1.22. The van der Waals surface area contributed by atoms with E-state index in [2.05, 4.69) is 0 Å². The van der Waals surface area contributed by atoms with Crippen molar-refractivity contribution in [3.63, 3.8) is 0 Å². The van der Waals surface area contributed by atoms with Crippen molar-refractivity contribution >= 4 is 23.5 Å². The molecule has 0 aromatic heterocycles. The van der Waals surface area contributed by atoms with Crippen LogP contribution in [0.15, 0.2) is 18.2 Å². The molecule has 0 spiro atoms. The number of piperidine rings is 1. The van der Waals surface area contributed by atoms with Gasteiger partial charge in [0.1, 0.15) is 5.82 Å². The van der Waals surface area contributed by atoms with E-state index in [0.29, 0.717) is 25.9 Å². The number of amides is 2. The van der Waals surface area contributed by atoms with Gasteiger partial charge < -0.3 is 14.5 Å². The number of methoxy groups -OCH3 is 1. The van der Waals surface area contributed by atoms with Crippen LogP contribution in [0, 0.1) is 24.6 Å². The van der Waals surface area contributed by atoms with E-state index in [9.17, 15) is 18.8 Å². The summed E-state index contributed by atoms with van der Waals surface area (Å²) < 4.78 is 18.9. The quantitative estimate of drug-likeness (QED) is 0.771. The molecule has 0 bridgehead atoms. The van der Waals surface area contributed by atoms with Crippen molar-refractivity contribution in [1.82, 2.24) is 4.90 Å². The predicted molar refractivity (Wildman–Crippen MR) is 92.9 cm³/mol. The van der Waals surface area contributed by atoms with Crippen LogP contribution in [-0.4, -0.2) is 49.4 Å². The zero-order valence-electron chi connectivity index (χ0n) is 15.0. The lowest BCUT2D eigenvalue weighted by Crippen LogP contribution is -2.43. The first-order valence-corrected chi connectivity index (χ1v) is 8.84. The SMILES string of the molecule is COC(=O)C1CCN(C(=O)C2CC(=O)N(c3ccc(C)cc3F)C2)CC1. The van der Waals surface area contributed by atoms with Gasteiger partial charge in [0.2, 0.25) is 11.8 Å². The number of nitrogens with zero attached hydrogens (tertiary/aromatic N) is 2. The minimum atomic E-state index is -0.474. The van der Waals surface area contributed by atoms with Crippen molar-refractivity contribution in [3.8, 4) is 0 Å². The number of likely N-dealkylation sites (tertiary alicyclic amines) is 1. The normalized spacial score (nSPS) is 21.2. The molecule has 1 atom stereocenters. The number of hydrogen-bond donors (Lipinski definition) is 0. The summed E-state index contributed by atoms with van der Waals surface area (Å²) in [6.45, 7) is 2.92. The van der Waals surface area contributed by atoms with Crippen LogP contribution in [-0.2, 0) is 19.1 Å². The number of esters is 1. The van der Waals surface area contributed by atoms with E-state index in [0.717, 1.165) is 5.56 Å². The lowest BCUT2D eigenvalue weighted by molar-refractivity contribution is -0.149. The Morgan fingerprint density at radius 3 is 2.50 bits per heavy atom. The minimum absolute atomic E-state index is 0.0864. The molecule has 0 aliphatic carbocycles. The van der Waals surface area contributed by atoms with Gasteiger partial charge >= 0.3 is 5.97 Å². The Balaban J connectivity index is 1.63. The van der Waals surface area contributed by atoms with E-state index in [1.807, 2.05) is 0 Å². The summed E-state index contributed by atoms with van der Waals surface area (Å²) >= 11 is 0. The zero-order valence-corrected chi connectivity index (χ0v) is 15.0. The first kappa shape index (κ1) is 18.4. The molecule has 2 aliphatic rings. The number of carbonyl (C=O) groups excluding carboxylic acids is 3. The molecule has 0 saturated carbocycles. The monoisotopic (exact) mass is 362 g/mol. The number of rotatable bonds is 3. The van der Waals surface area contributed by atoms with E-state index in [4.69, 9.17) is 4.74 Å². The summed E-state index contributed by atoms with van der Waals surface area (Å²) in [5.74, 6) is -1.68. The third kappa shape index (κ3) is 3.57. The van der Waals surface area contributed by atoms with Gasteiger partial charge in [-0.2, -0.15) is 0 Å². The van der Waals surface area contributed by atoms with Gasteiger partial charge in [0.25, 0.3) is 0 Å². The van der Waals surface area contributed by atoms with Crippen LogP contribution in [0.5, 0.6) is 0 Å². The van der Waals surface area contributed by atoms with Gasteiger partial charge in [-0.1, -0.05) is 6.07 Å². The van der Waals surface area contributed by atoms with Crippen molar-refractivity contribution in [3.05, 3.63) is 29.6 Å². The number of ether oxygens (including phenoxy) is 1. The molecule has 1 unspecified atom stereocenters. The van der Waals surface area contributed by atoms with Crippen molar-refractivity contribution in [2.75, 3.05) is 31.6 Å². The highest BCUT2D eigenvalue weighted by Gasteiger charge is 2.39. The molecule has 7 heteroatoms. The summed E-state index contributed by atoms with van der Waals surface area (Å²) in [7, 11) is 1.36. The zero-order chi connectivity index (χ0) is 18.8. The highest BCUT2D eigenvalue weighted by Crippen LogP contribution is 2.30. The minimum Gasteiger partial charge on any atom is -0.469 e. The maximum Gasteiger partial charge on any atom is 0.308 e. The Morgan fingerprint density at radius 1 is 1.19 bits per heavy atom. The molecular weight excluding hydrogens is 339 g/mol. The number of aryl methyl sites for hydroxylation is 1. The second-order valence-electron chi connectivity index (χ2n) is 6.98. The first-order chi connectivity index (χ1) is 12.4. The molecule has 140 valence electrons. The van der Waals surface area contributed by atoms with Crippen molar-refractivity contribution in [1.29, 1.82) is 0 Å². The highest BCUT2D eigenvalue weighted by molar-refractivity contribution is 6.00. The Labute approximate surface area is 151 Å². The molecule has 0 radical (unpaired) electrons. The number of anilines is 1. The summed E-state index contributed by atoms with van der Waals surface area (Å²) in [5, 5.41) is 0. The van der Waals surface area contributed by atoms with Crippen LogP contribution < -0.4 is 4.90 Å². The van der Waals surface area contributed by atoms with E-state index in [-0.39, 0.29) is 42.4 Å². The van der Waals surface area contributed by atoms with Crippen molar-refractivity contribution in [2.45, 2.75) is 26.2 Å². The number of hydrogen-bond acceptors (Lipinski definition) is 4. The molecule has 2 saturated heterocycles. The summed E-state index contributed by atoms with van der Waals surface area (Å²) in [4.78, 5) is 39.7. The second kappa shape index (κ2) is 7.43. The maximum absolute atomic E-state index is 14.2. The molecule has 1 aromatic carbocycles. The average Bonchev–Trinajstić information content (AvgIpc) is 3.02. The van der Waals surface area contributed by atoms with E-state index in [1.54, 1.807) is 24.0 Å². The maximum atomic E-state index is 14.2. The summed E-state index contributed by atoms with van der Waals surface area (Å²) in [5.41, 5.74) is 0.999. The fourth-order valence-corrected chi connectivity index (χ4v) is 3.70. The van der Waals surface area contributed by atoms with Gasteiger partial charge in [0, 0.05) is 26.1 Å². The highest BCUT2D eigenvalue weighted by atomic mass is 19.1. The third-order valence-electron chi connectivity index (χ3n) is 5.21. The molecule has 26 heavy (non-hydrogen) atoms. The van der Waals surface area contributed by atoms with Crippen LogP contribution in [0.1, 0.15) is 24.8 Å². The molecule has 6 nitrogen and oxygen atoms in total. The molecule has 3 rings (SSSR count). The molecule has 2 heterocycles. The number of halogens is 1. The molecule has 2 fully saturated rings. The average molecular weight is 362 g/mol. The van der Waals surface area contributed by atoms with Gasteiger partial charge in [-0.3, -0.25) is 14.4 Å². The first-order valence-electron chi connectivity index (χ1n) is 8.84. The fraction of sp³-hybridized carbons (Fsp3) is 0.526. The Hall–Kier alpha value is -2.44. The van der Waals surface area contributed by atoms with Gasteiger partial charge in [-0.05, 0) is 37.5 Å². The van der Waals surface area contributed by atoms with Gasteiger partial charge in [-0.25, -0.2) is 4.39 Å². The van der Waals surface area contributed by atoms with Crippen molar-refractivity contribution in [2.24, 2.45) is 11.8 Å². The molecule has 2 aliphatic heterocycles. The van der Waals surface area contributed by atoms with Gasteiger partial charge in [-0.15, -0.1) is 0 Å². The van der Waals surface area contributed by atoms with Gasteiger partial charge in [0.15, 0.2) is 0 Å². The number of carbonyl (C=O) groups is 3. The van der Waals surface area contributed by atoms with Crippen LogP contribution in [0.25, 0.3) is 0 Å². The predicted octanol–water partition coefficient (Wildman–Crippen LogP) is 1.90. The molecule has 1 aromatic rings. The largest absolute Gasteiger partial charge is 0.469 e. The second-order valence-corrected chi connectivity index (χ2v) is 6.98. The molecule has 2 amide bonds.